The third kappa shape index (κ3) is 3.69. The molecular weight excluding hydrogens is 262 g/mol. The van der Waals surface area contributed by atoms with Gasteiger partial charge in [0.05, 0.1) is 6.20 Å². The Kier molecular flexibility index (Phi) is 4.29. The first kappa shape index (κ1) is 13.8. The van der Waals surface area contributed by atoms with Gasteiger partial charge in [-0.15, -0.1) is 0 Å². The third-order valence-electron chi connectivity index (χ3n) is 3.97. The Balaban J connectivity index is 1.58. The SMILES string of the molecule is O=C1CCC(c2ccc(OCc3ccccc3)cn2)CC1. The smallest absolute Gasteiger partial charge is 0.138 e. The molecule has 0 unspecified atom stereocenters. The van der Waals surface area contributed by atoms with Gasteiger partial charge in [-0.05, 0) is 30.5 Å². The number of aromatic nitrogens is 1. The van der Waals surface area contributed by atoms with E-state index in [1.807, 2.05) is 42.5 Å². The second-order valence-electron chi connectivity index (χ2n) is 5.51. The number of benzene rings is 1. The fraction of sp³-hybridized carbons (Fsp3) is 0.333. The summed E-state index contributed by atoms with van der Waals surface area (Å²) in [6, 6.07) is 14.1. The van der Waals surface area contributed by atoms with Crippen LogP contribution in [0.3, 0.4) is 0 Å². The molecule has 108 valence electrons. The van der Waals surface area contributed by atoms with E-state index in [1.54, 1.807) is 6.20 Å². The number of hydrogen-bond acceptors (Lipinski definition) is 3. The van der Waals surface area contributed by atoms with Gasteiger partial charge in [-0.2, -0.15) is 0 Å². The number of hydrogen-bond donors (Lipinski definition) is 0. The molecule has 0 bridgehead atoms. The summed E-state index contributed by atoms with van der Waals surface area (Å²) in [5.74, 6) is 1.59. The molecule has 21 heavy (non-hydrogen) atoms. The number of carbonyl (C=O) groups is 1. The van der Waals surface area contributed by atoms with Gasteiger partial charge in [-0.1, -0.05) is 30.3 Å². The standard InChI is InChI=1S/C18H19NO2/c20-16-8-6-15(7-9-16)18-11-10-17(12-19-18)21-13-14-4-2-1-3-5-14/h1-5,10-12,15H,6-9,13H2. The minimum atomic E-state index is 0.383. The molecule has 1 aliphatic carbocycles. The zero-order valence-electron chi connectivity index (χ0n) is 12.0. The molecule has 0 aliphatic heterocycles. The van der Waals surface area contributed by atoms with Gasteiger partial charge in [-0.3, -0.25) is 9.78 Å². The Labute approximate surface area is 125 Å². The largest absolute Gasteiger partial charge is 0.487 e. The maximum atomic E-state index is 11.3. The van der Waals surface area contributed by atoms with Crippen LogP contribution in [-0.2, 0) is 11.4 Å². The van der Waals surface area contributed by atoms with Crippen molar-refractivity contribution in [2.75, 3.05) is 0 Å². The van der Waals surface area contributed by atoms with Crippen molar-refractivity contribution in [2.45, 2.75) is 38.2 Å². The Morgan fingerprint density at radius 3 is 2.48 bits per heavy atom. The fourth-order valence-corrected chi connectivity index (χ4v) is 2.70. The summed E-state index contributed by atoms with van der Waals surface area (Å²) in [5, 5.41) is 0. The molecule has 0 atom stereocenters. The molecule has 1 aromatic heterocycles. The molecule has 0 N–H and O–H groups in total. The lowest BCUT2D eigenvalue weighted by Gasteiger charge is -2.20. The molecular formula is C18H19NO2. The monoisotopic (exact) mass is 281 g/mol. The predicted octanol–water partition coefficient (Wildman–Crippen LogP) is 3.89. The average Bonchev–Trinajstić information content (AvgIpc) is 2.55. The van der Waals surface area contributed by atoms with E-state index in [1.165, 1.54) is 0 Å². The average molecular weight is 281 g/mol. The first-order valence-electron chi connectivity index (χ1n) is 7.45. The molecule has 0 radical (unpaired) electrons. The van der Waals surface area contributed by atoms with Crippen molar-refractivity contribution in [1.82, 2.24) is 4.98 Å². The van der Waals surface area contributed by atoms with Crippen LogP contribution in [0.4, 0.5) is 0 Å². The van der Waals surface area contributed by atoms with Crippen molar-refractivity contribution in [3.05, 3.63) is 59.9 Å². The Hall–Kier alpha value is -2.16. The highest BCUT2D eigenvalue weighted by Crippen LogP contribution is 2.30. The number of pyridine rings is 1. The zero-order chi connectivity index (χ0) is 14.5. The first-order chi connectivity index (χ1) is 10.3. The number of nitrogens with zero attached hydrogens (tertiary/aromatic N) is 1. The van der Waals surface area contributed by atoms with Gasteiger partial charge in [0.15, 0.2) is 0 Å². The van der Waals surface area contributed by atoms with Gasteiger partial charge in [0.1, 0.15) is 18.1 Å². The van der Waals surface area contributed by atoms with Crippen LogP contribution in [0.15, 0.2) is 48.7 Å². The maximum Gasteiger partial charge on any atom is 0.138 e. The Morgan fingerprint density at radius 1 is 1.05 bits per heavy atom. The van der Waals surface area contributed by atoms with E-state index in [0.29, 0.717) is 31.1 Å². The van der Waals surface area contributed by atoms with E-state index in [9.17, 15) is 4.79 Å². The number of ketones is 1. The fourth-order valence-electron chi connectivity index (χ4n) is 2.70. The lowest BCUT2D eigenvalue weighted by Crippen LogP contribution is -2.13. The van der Waals surface area contributed by atoms with Crippen molar-refractivity contribution in [2.24, 2.45) is 0 Å². The van der Waals surface area contributed by atoms with Crippen molar-refractivity contribution in [3.63, 3.8) is 0 Å². The molecule has 2 aromatic rings. The van der Waals surface area contributed by atoms with Crippen molar-refractivity contribution < 1.29 is 9.53 Å². The predicted molar refractivity (Wildman–Crippen MR) is 81.2 cm³/mol. The van der Waals surface area contributed by atoms with Crippen LogP contribution in [0.2, 0.25) is 0 Å². The maximum absolute atomic E-state index is 11.3. The summed E-state index contributed by atoms with van der Waals surface area (Å²) >= 11 is 0. The molecule has 3 rings (SSSR count). The zero-order valence-corrected chi connectivity index (χ0v) is 12.0. The molecule has 0 amide bonds. The highest BCUT2D eigenvalue weighted by Gasteiger charge is 2.20. The summed E-state index contributed by atoms with van der Waals surface area (Å²) in [6.45, 7) is 0.555. The Bertz CT molecular complexity index is 582. The van der Waals surface area contributed by atoms with Gasteiger partial charge in [0, 0.05) is 24.5 Å². The summed E-state index contributed by atoms with van der Waals surface area (Å²) < 4.78 is 5.73. The minimum absolute atomic E-state index is 0.383. The second kappa shape index (κ2) is 6.53. The van der Waals surface area contributed by atoms with Crippen LogP contribution >= 0.6 is 0 Å². The lowest BCUT2D eigenvalue weighted by atomic mass is 9.86. The van der Waals surface area contributed by atoms with E-state index in [-0.39, 0.29) is 0 Å². The van der Waals surface area contributed by atoms with Crippen LogP contribution in [0.25, 0.3) is 0 Å². The lowest BCUT2D eigenvalue weighted by molar-refractivity contribution is -0.120. The summed E-state index contributed by atoms with van der Waals surface area (Å²) in [4.78, 5) is 15.8. The topological polar surface area (TPSA) is 39.2 Å². The highest BCUT2D eigenvalue weighted by molar-refractivity contribution is 5.79. The van der Waals surface area contributed by atoms with Crippen molar-refractivity contribution in [1.29, 1.82) is 0 Å². The van der Waals surface area contributed by atoms with Crippen molar-refractivity contribution >= 4 is 5.78 Å². The van der Waals surface area contributed by atoms with Gasteiger partial charge < -0.3 is 4.74 Å². The van der Waals surface area contributed by atoms with E-state index >= 15 is 0 Å². The molecule has 1 fully saturated rings. The molecule has 1 aliphatic rings. The first-order valence-corrected chi connectivity index (χ1v) is 7.45. The second-order valence-corrected chi connectivity index (χ2v) is 5.51. The molecule has 3 heteroatoms. The summed E-state index contributed by atoms with van der Waals surface area (Å²) in [7, 11) is 0. The van der Waals surface area contributed by atoms with Gasteiger partial charge in [0.2, 0.25) is 0 Å². The Morgan fingerprint density at radius 2 is 1.81 bits per heavy atom. The van der Waals surface area contributed by atoms with Crippen LogP contribution in [0, 0.1) is 0 Å². The normalized spacial score (nSPS) is 15.9. The van der Waals surface area contributed by atoms with E-state index in [0.717, 1.165) is 29.8 Å². The van der Waals surface area contributed by atoms with E-state index < -0.39 is 0 Å². The van der Waals surface area contributed by atoms with Gasteiger partial charge in [-0.25, -0.2) is 0 Å². The van der Waals surface area contributed by atoms with Crippen molar-refractivity contribution in [3.8, 4) is 5.75 Å². The third-order valence-corrected chi connectivity index (χ3v) is 3.97. The molecule has 1 heterocycles. The molecule has 3 nitrogen and oxygen atoms in total. The number of carbonyl (C=O) groups excluding carboxylic acids is 1. The summed E-state index contributed by atoms with van der Waals surface area (Å²) in [5.41, 5.74) is 2.22. The molecule has 0 saturated heterocycles. The number of ether oxygens (including phenoxy) is 1. The highest BCUT2D eigenvalue weighted by atomic mass is 16.5. The van der Waals surface area contributed by atoms with Crippen LogP contribution in [0.1, 0.15) is 42.9 Å². The quantitative estimate of drug-likeness (QED) is 0.853. The van der Waals surface area contributed by atoms with E-state index in [4.69, 9.17) is 4.74 Å². The number of rotatable bonds is 4. The number of Topliss-reactive ketones (excluding diaryl/α,β-unsaturated/α-hetero) is 1. The van der Waals surface area contributed by atoms with Crippen LogP contribution in [-0.4, -0.2) is 10.8 Å². The minimum Gasteiger partial charge on any atom is -0.487 e. The van der Waals surface area contributed by atoms with Gasteiger partial charge >= 0.3 is 0 Å². The molecule has 1 saturated carbocycles. The van der Waals surface area contributed by atoms with E-state index in [2.05, 4.69) is 4.98 Å². The van der Waals surface area contributed by atoms with Gasteiger partial charge in [0.25, 0.3) is 0 Å². The summed E-state index contributed by atoms with van der Waals surface area (Å²) in [6.07, 6.45) is 5.03. The molecule has 1 aromatic carbocycles. The molecule has 0 spiro atoms. The van der Waals surface area contributed by atoms with Crippen LogP contribution < -0.4 is 4.74 Å². The van der Waals surface area contributed by atoms with Crippen LogP contribution in [0.5, 0.6) is 5.75 Å².